The number of hydrogen-bond acceptors (Lipinski definition) is 5. The van der Waals surface area contributed by atoms with Gasteiger partial charge >= 0.3 is 5.97 Å². The van der Waals surface area contributed by atoms with Crippen LogP contribution in [0.2, 0.25) is 0 Å². The first-order valence-electron chi connectivity index (χ1n) is 13.6. The number of carbonyl (C=O) groups is 4. The molecule has 3 amide bonds. The van der Waals surface area contributed by atoms with Crippen molar-refractivity contribution in [3.8, 4) is 0 Å². The highest BCUT2D eigenvalue weighted by Crippen LogP contribution is 2.10. The minimum absolute atomic E-state index is 0.0812. The molecule has 3 rings (SSSR count). The number of carbonyl (C=O) groups excluding carboxylic acids is 3. The first kappa shape index (κ1) is 31.0. The van der Waals surface area contributed by atoms with Crippen LogP contribution in [0.3, 0.4) is 0 Å². The van der Waals surface area contributed by atoms with Crippen LogP contribution in [0.1, 0.15) is 30.5 Å². The lowest BCUT2D eigenvalue weighted by atomic mass is 9.99. The van der Waals surface area contributed by atoms with Crippen LogP contribution in [0.15, 0.2) is 91.0 Å². The molecule has 0 bridgehead atoms. The maximum absolute atomic E-state index is 13.5. The zero-order chi connectivity index (χ0) is 29.8. The van der Waals surface area contributed by atoms with Crippen LogP contribution in [-0.2, 0) is 38.4 Å². The molecule has 0 spiro atoms. The Balaban J connectivity index is 1.74. The van der Waals surface area contributed by atoms with Crippen molar-refractivity contribution in [1.82, 2.24) is 16.0 Å². The van der Waals surface area contributed by atoms with E-state index in [1.54, 1.807) is 38.1 Å². The molecule has 3 aromatic carbocycles. The summed E-state index contributed by atoms with van der Waals surface area (Å²) in [5.74, 6) is -3.19. The van der Waals surface area contributed by atoms with E-state index < -0.39 is 47.9 Å². The summed E-state index contributed by atoms with van der Waals surface area (Å²) >= 11 is 0. The fourth-order valence-electron chi connectivity index (χ4n) is 4.40. The van der Waals surface area contributed by atoms with E-state index in [9.17, 15) is 24.3 Å². The maximum Gasteiger partial charge on any atom is 0.326 e. The number of carboxylic acids is 1. The van der Waals surface area contributed by atoms with Gasteiger partial charge in [-0.3, -0.25) is 14.4 Å². The standard InChI is InChI=1S/C32H38N4O5/c1-21(2)28(36-29(37)25(33)18-22-12-6-3-7-13-22)31(39)34-26(19-23-14-8-4-9-15-23)30(38)35-27(32(40)41)20-24-16-10-5-11-17-24/h3-17,21,25-28H,18-20,33H2,1-2H3,(H,34,39)(H,35,38)(H,36,37)(H,40,41). The third kappa shape index (κ3) is 9.88. The molecule has 9 nitrogen and oxygen atoms in total. The first-order valence-corrected chi connectivity index (χ1v) is 13.6. The Bertz CT molecular complexity index is 1290. The molecule has 0 saturated heterocycles. The molecular formula is C32H38N4O5. The molecule has 3 aromatic rings. The quantitative estimate of drug-likeness (QED) is 0.205. The Labute approximate surface area is 240 Å². The van der Waals surface area contributed by atoms with Gasteiger partial charge in [-0.1, -0.05) is 105 Å². The van der Waals surface area contributed by atoms with Gasteiger partial charge in [-0.25, -0.2) is 4.79 Å². The predicted octanol–water partition coefficient (Wildman–Crippen LogP) is 2.24. The summed E-state index contributed by atoms with van der Waals surface area (Å²) in [6.45, 7) is 3.56. The van der Waals surface area contributed by atoms with E-state index >= 15 is 0 Å². The van der Waals surface area contributed by atoms with Crippen LogP contribution in [0.5, 0.6) is 0 Å². The smallest absolute Gasteiger partial charge is 0.326 e. The second-order valence-electron chi connectivity index (χ2n) is 10.4. The van der Waals surface area contributed by atoms with Gasteiger partial charge in [0.15, 0.2) is 0 Å². The Kier molecular flexibility index (Phi) is 11.6. The molecule has 6 N–H and O–H groups in total. The molecule has 0 heterocycles. The number of rotatable bonds is 14. The third-order valence-corrected chi connectivity index (χ3v) is 6.69. The third-order valence-electron chi connectivity index (χ3n) is 6.69. The lowest BCUT2D eigenvalue weighted by Gasteiger charge is -2.27. The minimum atomic E-state index is -1.20. The first-order chi connectivity index (χ1) is 19.6. The molecular weight excluding hydrogens is 520 g/mol. The van der Waals surface area contributed by atoms with E-state index in [1.807, 2.05) is 66.7 Å². The van der Waals surface area contributed by atoms with Gasteiger partial charge in [0.05, 0.1) is 6.04 Å². The van der Waals surface area contributed by atoms with Crippen molar-refractivity contribution in [2.24, 2.45) is 11.7 Å². The molecule has 9 heteroatoms. The topological polar surface area (TPSA) is 151 Å². The number of nitrogens with two attached hydrogens (primary N) is 1. The van der Waals surface area contributed by atoms with Gasteiger partial charge in [0.1, 0.15) is 18.1 Å². The van der Waals surface area contributed by atoms with E-state index in [0.717, 1.165) is 16.7 Å². The Hall–Kier alpha value is -4.50. The molecule has 0 radical (unpaired) electrons. The molecule has 216 valence electrons. The number of aliphatic carboxylic acids is 1. The molecule has 41 heavy (non-hydrogen) atoms. The fourth-order valence-corrected chi connectivity index (χ4v) is 4.40. The molecule has 0 aliphatic heterocycles. The summed E-state index contributed by atoms with van der Waals surface area (Å²) in [4.78, 5) is 51.8. The lowest BCUT2D eigenvalue weighted by Crippen LogP contribution is -2.59. The van der Waals surface area contributed by atoms with E-state index in [-0.39, 0.29) is 18.8 Å². The Morgan fingerprint density at radius 3 is 1.46 bits per heavy atom. The molecule has 0 saturated carbocycles. The number of amides is 3. The summed E-state index contributed by atoms with van der Waals surface area (Å²) in [7, 11) is 0. The van der Waals surface area contributed by atoms with Crippen molar-refractivity contribution < 1.29 is 24.3 Å². The van der Waals surface area contributed by atoms with Crippen molar-refractivity contribution in [3.63, 3.8) is 0 Å². The summed E-state index contributed by atoms with van der Waals surface area (Å²) in [6.07, 6.45) is 0.510. The van der Waals surface area contributed by atoms with E-state index in [2.05, 4.69) is 16.0 Å². The highest BCUT2D eigenvalue weighted by atomic mass is 16.4. The Morgan fingerprint density at radius 1 is 0.610 bits per heavy atom. The van der Waals surface area contributed by atoms with Crippen molar-refractivity contribution in [3.05, 3.63) is 108 Å². The van der Waals surface area contributed by atoms with Crippen molar-refractivity contribution in [2.75, 3.05) is 0 Å². The van der Waals surface area contributed by atoms with Gasteiger partial charge in [-0.15, -0.1) is 0 Å². The minimum Gasteiger partial charge on any atom is -0.480 e. The number of nitrogens with one attached hydrogen (secondary N) is 3. The van der Waals surface area contributed by atoms with Crippen LogP contribution < -0.4 is 21.7 Å². The van der Waals surface area contributed by atoms with Gasteiger partial charge in [0, 0.05) is 12.8 Å². The van der Waals surface area contributed by atoms with Crippen molar-refractivity contribution in [1.29, 1.82) is 0 Å². The second kappa shape index (κ2) is 15.3. The number of benzene rings is 3. The second-order valence-corrected chi connectivity index (χ2v) is 10.4. The molecule has 0 fully saturated rings. The van der Waals surface area contributed by atoms with Crippen LogP contribution in [-0.4, -0.2) is 53.0 Å². The van der Waals surface area contributed by atoms with Crippen LogP contribution in [0, 0.1) is 5.92 Å². The average Bonchev–Trinajstić information content (AvgIpc) is 2.96. The largest absolute Gasteiger partial charge is 0.480 e. The van der Waals surface area contributed by atoms with Crippen LogP contribution in [0.4, 0.5) is 0 Å². The van der Waals surface area contributed by atoms with Crippen molar-refractivity contribution >= 4 is 23.7 Å². The van der Waals surface area contributed by atoms with Crippen LogP contribution in [0.25, 0.3) is 0 Å². The van der Waals surface area contributed by atoms with Crippen LogP contribution >= 0.6 is 0 Å². The Morgan fingerprint density at radius 2 is 1.02 bits per heavy atom. The zero-order valence-corrected chi connectivity index (χ0v) is 23.3. The zero-order valence-electron chi connectivity index (χ0n) is 23.3. The summed E-state index contributed by atoms with van der Waals surface area (Å²) in [5.41, 5.74) is 8.55. The summed E-state index contributed by atoms with van der Waals surface area (Å²) in [5, 5.41) is 17.9. The molecule has 4 atom stereocenters. The van der Waals surface area contributed by atoms with E-state index in [1.165, 1.54) is 0 Å². The maximum atomic E-state index is 13.5. The summed E-state index contributed by atoms with van der Waals surface area (Å²) in [6, 6.07) is 23.3. The summed E-state index contributed by atoms with van der Waals surface area (Å²) < 4.78 is 0. The SMILES string of the molecule is CC(C)C(NC(=O)C(N)Cc1ccccc1)C(=O)NC(Cc1ccccc1)C(=O)NC(Cc1ccccc1)C(=O)O. The van der Waals surface area contributed by atoms with Gasteiger partial charge in [-0.05, 0) is 29.0 Å². The average molecular weight is 559 g/mol. The highest BCUT2D eigenvalue weighted by Gasteiger charge is 2.32. The van der Waals surface area contributed by atoms with Gasteiger partial charge in [0.2, 0.25) is 17.7 Å². The van der Waals surface area contributed by atoms with Gasteiger partial charge in [-0.2, -0.15) is 0 Å². The van der Waals surface area contributed by atoms with Crippen molar-refractivity contribution in [2.45, 2.75) is 57.3 Å². The highest BCUT2D eigenvalue weighted by molar-refractivity contribution is 5.94. The normalized spacial score (nSPS) is 13.9. The molecule has 0 aliphatic carbocycles. The van der Waals surface area contributed by atoms with E-state index in [0.29, 0.717) is 6.42 Å². The van der Waals surface area contributed by atoms with E-state index in [4.69, 9.17) is 5.73 Å². The predicted molar refractivity (Wildman–Crippen MR) is 157 cm³/mol. The number of hydrogen-bond donors (Lipinski definition) is 5. The molecule has 0 aliphatic rings. The van der Waals surface area contributed by atoms with Gasteiger partial charge < -0.3 is 26.8 Å². The number of carboxylic acid groups (broad SMARTS) is 1. The molecule has 4 unspecified atom stereocenters. The monoisotopic (exact) mass is 558 g/mol. The lowest BCUT2D eigenvalue weighted by molar-refractivity contribution is -0.142. The van der Waals surface area contributed by atoms with Gasteiger partial charge in [0.25, 0.3) is 0 Å². The molecule has 0 aromatic heterocycles. The fraction of sp³-hybridized carbons (Fsp3) is 0.312.